The van der Waals surface area contributed by atoms with Gasteiger partial charge in [-0.15, -0.1) is 0 Å². The van der Waals surface area contributed by atoms with Crippen molar-refractivity contribution in [1.82, 2.24) is 14.5 Å². The Labute approximate surface area is 138 Å². The number of anilines is 1. The number of ether oxygens (including phenoxy) is 2. The largest absolute Gasteiger partial charge is 0.493 e. The van der Waals surface area contributed by atoms with Crippen molar-refractivity contribution in [3.8, 4) is 22.8 Å². The summed E-state index contributed by atoms with van der Waals surface area (Å²) in [7, 11) is 4.80. The smallest absolute Gasteiger partial charge is 0.263 e. The van der Waals surface area contributed by atoms with E-state index in [1.54, 1.807) is 46.4 Å². The summed E-state index contributed by atoms with van der Waals surface area (Å²) in [5.74, 6) is 2.05. The van der Waals surface area contributed by atoms with Crippen LogP contribution < -0.4 is 20.8 Å². The Morgan fingerprint density at radius 3 is 2.46 bits per heavy atom. The number of nitrogens with two attached hydrogens (primary N) is 1. The number of rotatable bonds is 3. The van der Waals surface area contributed by atoms with E-state index in [4.69, 9.17) is 15.2 Å². The lowest BCUT2D eigenvalue weighted by atomic mass is 10.1. The SMILES string of the molecule is COc1ccc(-c2nc(N)cc3nc(C)n(C)c(=O)c23)cc1OC. The van der Waals surface area contributed by atoms with Crippen LogP contribution in [0.15, 0.2) is 29.1 Å². The maximum atomic E-state index is 12.7. The molecule has 7 nitrogen and oxygen atoms in total. The lowest BCUT2D eigenvalue weighted by Crippen LogP contribution is -2.21. The number of hydrogen-bond acceptors (Lipinski definition) is 6. The maximum absolute atomic E-state index is 12.7. The van der Waals surface area contributed by atoms with Crippen molar-refractivity contribution in [2.24, 2.45) is 7.05 Å². The van der Waals surface area contributed by atoms with E-state index in [2.05, 4.69) is 9.97 Å². The molecule has 2 aromatic heterocycles. The number of pyridine rings is 1. The number of methoxy groups -OCH3 is 2. The van der Waals surface area contributed by atoms with E-state index >= 15 is 0 Å². The minimum Gasteiger partial charge on any atom is -0.493 e. The highest BCUT2D eigenvalue weighted by Crippen LogP contribution is 2.33. The second kappa shape index (κ2) is 5.84. The van der Waals surface area contributed by atoms with Gasteiger partial charge in [-0.3, -0.25) is 9.36 Å². The number of fused-ring (bicyclic) bond motifs is 1. The zero-order valence-electron chi connectivity index (χ0n) is 14.0. The van der Waals surface area contributed by atoms with Crippen LogP contribution in [0.3, 0.4) is 0 Å². The summed E-state index contributed by atoms with van der Waals surface area (Å²) in [5, 5.41) is 0.421. The van der Waals surface area contributed by atoms with Gasteiger partial charge in [-0.25, -0.2) is 9.97 Å². The molecule has 0 aliphatic heterocycles. The Morgan fingerprint density at radius 2 is 1.79 bits per heavy atom. The van der Waals surface area contributed by atoms with Crippen LogP contribution in [0.4, 0.5) is 5.82 Å². The summed E-state index contributed by atoms with van der Waals surface area (Å²) in [5.41, 5.74) is 7.43. The number of aryl methyl sites for hydroxylation is 1. The molecule has 7 heteroatoms. The first-order valence-corrected chi connectivity index (χ1v) is 7.32. The topological polar surface area (TPSA) is 92.3 Å². The first-order chi connectivity index (χ1) is 11.5. The number of nitrogen functional groups attached to an aromatic ring is 1. The Morgan fingerprint density at radius 1 is 1.08 bits per heavy atom. The third-order valence-electron chi connectivity index (χ3n) is 3.96. The van der Waals surface area contributed by atoms with E-state index in [1.165, 1.54) is 4.57 Å². The van der Waals surface area contributed by atoms with Crippen LogP contribution in [0, 0.1) is 6.92 Å². The average molecular weight is 326 g/mol. The lowest BCUT2D eigenvalue weighted by molar-refractivity contribution is 0.355. The van der Waals surface area contributed by atoms with E-state index < -0.39 is 0 Å². The fraction of sp³-hybridized carbons (Fsp3) is 0.235. The third-order valence-corrected chi connectivity index (χ3v) is 3.96. The molecule has 0 saturated carbocycles. The summed E-state index contributed by atoms with van der Waals surface area (Å²) >= 11 is 0. The molecule has 2 N–H and O–H groups in total. The van der Waals surface area contributed by atoms with E-state index in [9.17, 15) is 4.79 Å². The summed E-state index contributed by atoms with van der Waals surface area (Å²) in [6.07, 6.45) is 0. The van der Waals surface area contributed by atoms with E-state index in [1.807, 2.05) is 6.07 Å². The van der Waals surface area contributed by atoms with Gasteiger partial charge in [0.1, 0.15) is 11.6 Å². The fourth-order valence-electron chi connectivity index (χ4n) is 2.61. The van der Waals surface area contributed by atoms with Gasteiger partial charge in [-0.1, -0.05) is 0 Å². The molecule has 0 amide bonds. The molecule has 3 aromatic rings. The second-order valence-corrected chi connectivity index (χ2v) is 5.38. The number of benzene rings is 1. The quantitative estimate of drug-likeness (QED) is 0.790. The van der Waals surface area contributed by atoms with Crippen LogP contribution >= 0.6 is 0 Å². The fourth-order valence-corrected chi connectivity index (χ4v) is 2.61. The first kappa shape index (κ1) is 15.8. The molecule has 0 bridgehead atoms. The maximum Gasteiger partial charge on any atom is 0.263 e. The minimum absolute atomic E-state index is 0.171. The van der Waals surface area contributed by atoms with Gasteiger partial charge in [0.2, 0.25) is 0 Å². The Balaban J connectivity index is 2.38. The van der Waals surface area contributed by atoms with Crippen molar-refractivity contribution in [1.29, 1.82) is 0 Å². The molecule has 0 spiro atoms. The minimum atomic E-state index is -0.171. The van der Waals surface area contributed by atoms with E-state index in [-0.39, 0.29) is 5.56 Å². The average Bonchev–Trinajstić information content (AvgIpc) is 2.58. The van der Waals surface area contributed by atoms with Crippen molar-refractivity contribution in [3.63, 3.8) is 0 Å². The van der Waals surface area contributed by atoms with Crippen LogP contribution in [0.1, 0.15) is 5.82 Å². The lowest BCUT2D eigenvalue weighted by Gasteiger charge is -2.12. The zero-order valence-corrected chi connectivity index (χ0v) is 14.0. The molecule has 0 aliphatic carbocycles. The van der Waals surface area contributed by atoms with E-state index in [0.717, 1.165) is 0 Å². The molecular weight excluding hydrogens is 308 g/mol. The Kier molecular flexibility index (Phi) is 3.84. The second-order valence-electron chi connectivity index (χ2n) is 5.38. The highest BCUT2D eigenvalue weighted by Gasteiger charge is 2.16. The molecule has 0 unspecified atom stereocenters. The van der Waals surface area contributed by atoms with E-state index in [0.29, 0.717) is 45.3 Å². The summed E-state index contributed by atoms with van der Waals surface area (Å²) in [6.45, 7) is 1.77. The van der Waals surface area contributed by atoms with Gasteiger partial charge in [-0.05, 0) is 25.1 Å². The van der Waals surface area contributed by atoms with Crippen LogP contribution in [0.2, 0.25) is 0 Å². The first-order valence-electron chi connectivity index (χ1n) is 7.32. The standard InChI is InChI=1S/C17H18N4O3/c1-9-19-11-8-14(18)20-16(15(11)17(22)21(9)2)10-5-6-12(23-3)13(7-10)24-4/h5-8H,1-4H3,(H2,18,20). The Hall–Kier alpha value is -3.09. The van der Waals surface area contributed by atoms with Crippen molar-refractivity contribution in [2.45, 2.75) is 6.92 Å². The highest BCUT2D eigenvalue weighted by atomic mass is 16.5. The molecular formula is C17H18N4O3. The number of nitrogens with zero attached hydrogens (tertiary/aromatic N) is 3. The predicted octanol–water partition coefficient (Wildman–Crippen LogP) is 1.90. The molecule has 3 rings (SSSR count). The molecule has 1 aromatic carbocycles. The highest BCUT2D eigenvalue weighted by molar-refractivity contribution is 5.93. The number of hydrogen-bond donors (Lipinski definition) is 1. The monoisotopic (exact) mass is 326 g/mol. The third kappa shape index (κ3) is 2.44. The summed E-state index contributed by atoms with van der Waals surface area (Å²) in [4.78, 5) is 21.5. The van der Waals surface area contributed by atoms with Gasteiger partial charge >= 0.3 is 0 Å². The zero-order chi connectivity index (χ0) is 17.4. The molecule has 0 fully saturated rings. The molecule has 0 radical (unpaired) electrons. The van der Waals surface area contributed by atoms with Gasteiger partial charge in [0.25, 0.3) is 5.56 Å². The van der Waals surface area contributed by atoms with Gasteiger partial charge in [-0.2, -0.15) is 0 Å². The molecule has 124 valence electrons. The normalized spacial score (nSPS) is 10.8. The van der Waals surface area contributed by atoms with Crippen LogP contribution in [-0.4, -0.2) is 28.8 Å². The van der Waals surface area contributed by atoms with Crippen LogP contribution in [0.5, 0.6) is 11.5 Å². The molecule has 24 heavy (non-hydrogen) atoms. The Bertz CT molecular complexity index is 995. The molecule has 0 saturated heterocycles. The van der Waals surface area contributed by atoms with Crippen molar-refractivity contribution in [2.75, 3.05) is 20.0 Å². The van der Waals surface area contributed by atoms with Gasteiger partial charge in [0.05, 0.1) is 30.8 Å². The van der Waals surface area contributed by atoms with Crippen LogP contribution in [0.25, 0.3) is 22.2 Å². The van der Waals surface area contributed by atoms with Gasteiger partial charge < -0.3 is 15.2 Å². The van der Waals surface area contributed by atoms with Crippen molar-refractivity contribution < 1.29 is 9.47 Å². The molecule has 0 atom stereocenters. The number of aromatic nitrogens is 3. The summed E-state index contributed by atoms with van der Waals surface area (Å²) in [6, 6.07) is 6.94. The summed E-state index contributed by atoms with van der Waals surface area (Å²) < 4.78 is 12.1. The predicted molar refractivity (Wildman–Crippen MR) is 92.5 cm³/mol. The van der Waals surface area contributed by atoms with Crippen molar-refractivity contribution in [3.05, 3.63) is 40.4 Å². The molecule has 2 heterocycles. The van der Waals surface area contributed by atoms with Crippen LogP contribution in [-0.2, 0) is 7.05 Å². The van der Waals surface area contributed by atoms with Crippen molar-refractivity contribution >= 4 is 16.7 Å². The van der Waals surface area contributed by atoms with Gasteiger partial charge in [0, 0.05) is 18.7 Å². The van der Waals surface area contributed by atoms with Gasteiger partial charge in [0.15, 0.2) is 11.5 Å². The molecule has 0 aliphatic rings.